The Bertz CT molecular complexity index is 1180. The van der Waals surface area contributed by atoms with Gasteiger partial charge in [0.1, 0.15) is 5.76 Å². The molecule has 0 fully saturated rings. The Morgan fingerprint density at radius 1 is 1.10 bits per heavy atom. The van der Waals surface area contributed by atoms with Crippen LogP contribution in [0.2, 0.25) is 0 Å². The van der Waals surface area contributed by atoms with Gasteiger partial charge in [0.25, 0.3) is 5.91 Å². The van der Waals surface area contributed by atoms with Gasteiger partial charge in [-0.3, -0.25) is 9.78 Å². The second-order valence-electron chi connectivity index (χ2n) is 6.58. The summed E-state index contributed by atoms with van der Waals surface area (Å²) in [6.45, 7) is 0. The molecular weight excluding hydrogens is 366 g/mol. The van der Waals surface area contributed by atoms with Gasteiger partial charge in [0.2, 0.25) is 0 Å². The molecule has 0 spiro atoms. The second-order valence-corrected chi connectivity index (χ2v) is 6.58. The lowest BCUT2D eigenvalue weighted by Gasteiger charge is -2.08. The Kier molecular flexibility index (Phi) is 5.03. The Hall–Kier alpha value is -4.00. The molecule has 3 heterocycles. The number of fused-ring (bicyclic) bond motifs is 1. The quantitative estimate of drug-likeness (QED) is 0.418. The van der Waals surface area contributed by atoms with Gasteiger partial charge >= 0.3 is 0 Å². The number of hydrazone groups is 1. The highest BCUT2D eigenvalue weighted by Crippen LogP contribution is 2.24. The van der Waals surface area contributed by atoms with Crippen molar-refractivity contribution in [2.45, 2.75) is 0 Å². The molecule has 7 heteroatoms. The highest BCUT2D eigenvalue weighted by molar-refractivity contribution is 6.07. The fourth-order valence-corrected chi connectivity index (χ4v) is 2.90. The number of furan rings is 1. The Morgan fingerprint density at radius 2 is 1.90 bits per heavy atom. The van der Waals surface area contributed by atoms with Crippen LogP contribution in [0.3, 0.4) is 0 Å². The number of carbonyl (C=O) groups is 1. The lowest BCUT2D eigenvalue weighted by molar-refractivity contribution is 0.0956. The molecule has 0 radical (unpaired) electrons. The number of rotatable bonds is 5. The maximum absolute atomic E-state index is 12.8. The molecule has 1 aromatic carbocycles. The van der Waals surface area contributed by atoms with Crippen LogP contribution in [-0.4, -0.2) is 36.2 Å². The average molecular weight is 385 g/mol. The van der Waals surface area contributed by atoms with Crippen LogP contribution in [0, 0.1) is 0 Å². The van der Waals surface area contributed by atoms with Crippen LogP contribution in [0.1, 0.15) is 16.1 Å². The van der Waals surface area contributed by atoms with E-state index in [1.54, 1.807) is 24.5 Å². The Morgan fingerprint density at radius 3 is 2.66 bits per heavy atom. The van der Waals surface area contributed by atoms with E-state index in [9.17, 15) is 4.79 Å². The van der Waals surface area contributed by atoms with E-state index in [4.69, 9.17) is 4.42 Å². The summed E-state index contributed by atoms with van der Waals surface area (Å²) in [5, 5.41) is 4.79. The van der Waals surface area contributed by atoms with E-state index in [0.717, 1.165) is 16.5 Å². The minimum Gasteiger partial charge on any atom is -0.440 e. The van der Waals surface area contributed by atoms with Crippen molar-refractivity contribution >= 4 is 28.9 Å². The van der Waals surface area contributed by atoms with Crippen molar-refractivity contribution in [1.82, 2.24) is 15.4 Å². The summed E-state index contributed by atoms with van der Waals surface area (Å²) in [7, 11) is 3.77. The van der Waals surface area contributed by atoms with E-state index in [0.29, 0.717) is 22.9 Å². The third-order valence-electron chi connectivity index (χ3n) is 4.35. The van der Waals surface area contributed by atoms with Gasteiger partial charge in [-0.1, -0.05) is 18.2 Å². The van der Waals surface area contributed by atoms with Gasteiger partial charge in [-0.2, -0.15) is 5.10 Å². The average Bonchev–Trinajstić information content (AvgIpc) is 3.23. The largest absolute Gasteiger partial charge is 0.440 e. The SMILES string of the molecule is CN(C)c1ccc(/C=N/NC(=O)c2cc(-c3ccncc3)nc3ccccc23)o1. The van der Waals surface area contributed by atoms with Gasteiger partial charge in [0.05, 0.1) is 23.0 Å². The van der Waals surface area contributed by atoms with Crippen molar-refractivity contribution in [2.75, 3.05) is 19.0 Å². The zero-order valence-corrected chi connectivity index (χ0v) is 16.0. The number of hydrogen-bond acceptors (Lipinski definition) is 6. The topological polar surface area (TPSA) is 83.6 Å². The van der Waals surface area contributed by atoms with Crippen molar-refractivity contribution in [2.24, 2.45) is 5.10 Å². The molecule has 0 unspecified atom stereocenters. The van der Waals surface area contributed by atoms with Crippen molar-refractivity contribution in [3.8, 4) is 11.3 Å². The third-order valence-corrected chi connectivity index (χ3v) is 4.35. The highest BCUT2D eigenvalue weighted by atomic mass is 16.4. The number of carbonyl (C=O) groups excluding carboxylic acids is 1. The molecule has 0 atom stereocenters. The second kappa shape index (κ2) is 7.93. The van der Waals surface area contributed by atoms with Gasteiger partial charge < -0.3 is 9.32 Å². The lowest BCUT2D eigenvalue weighted by Crippen LogP contribution is -2.18. The van der Waals surface area contributed by atoms with Crippen LogP contribution >= 0.6 is 0 Å². The maximum Gasteiger partial charge on any atom is 0.272 e. The molecule has 7 nitrogen and oxygen atoms in total. The fraction of sp³-hybridized carbons (Fsp3) is 0.0909. The van der Waals surface area contributed by atoms with E-state index < -0.39 is 0 Å². The first-order valence-electron chi connectivity index (χ1n) is 9.02. The summed E-state index contributed by atoms with van der Waals surface area (Å²) >= 11 is 0. The number of pyridine rings is 2. The zero-order chi connectivity index (χ0) is 20.2. The van der Waals surface area contributed by atoms with Crippen LogP contribution in [0.25, 0.3) is 22.2 Å². The molecule has 29 heavy (non-hydrogen) atoms. The fourth-order valence-electron chi connectivity index (χ4n) is 2.90. The number of aromatic nitrogens is 2. The molecule has 0 aliphatic rings. The van der Waals surface area contributed by atoms with E-state index in [2.05, 4.69) is 20.5 Å². The molecule has 3 aromatic heterocycles. The number of nitrogens with one attached hydrogen (secondary N) is 1. The number of benzene rings is 1. The summed E-state index contributed by atoms with van der Waals surface area (Å²) < 4.78 is 5.59. The molecule has 1 N–H and O–H groups in total. The summed E-state index contributed by atoms with van der Waals surface area (Å²) in [6, 6.07) is 16.6. The van der Waals surface area contributed by atoms with Crippen molar-refractivity contribution < 1.29 is 9.21 Å². The monoisotopic (exact) mass is 385 g/mol. The van der Waals surface area contributed by atoms with Crippen LogP contribution in [0.4, 0.5) is 5.88 Å². The Labute approximate surface area is 167 Å². The smallest absolute Gasteiger partial charge is 0.272 e. The minimum atomic E-state index is -0.324. The van der Waals surface area contributed by atoms with Gasteiger partial charge in [-0.05, 0) is 30.3 Å². The van der Waals surface area contributed by atoms with Gasteiger partial charge in [-0.25, -0.2) is 10.4 Å². The van der Waals surface area contributed by atoms with E-state index in [-0.39, 0.29) is 5.91 Å². The molecule has 0 aliphatic carbocycles. The molecule has 4 aromatic rings. The molecule has 1 amide bonds. The summed E-state index contributed by atoms with van der Waals surface area (Å²) in [5.41, 5.74) is 5.38. The predicted molar refractivity (Wildman–Crippen MR) is 113 cm³/mol. The minimum absolute atomic E-state index is 0.324. The zero-order valence-electron chi connectivity index (χ0n) is 16.0. The number of nitrogens with zero attached hydrogens (tertiary/aromatic N) is 4. The molecular formula is C22H19N5O2. The lowest BCUT2D eigenvalue weighted by atomic mass is 10.0. The van der Waals surface area contributed by atoms with Crippen molar-refractivity contribution in [3.05, 3.63) is 78.3 Å². The molecule has 4 rings (SSSR count). The Balaban J connectivity index is 1.63. The van der Waals surface area contributed by atoms with E-state index >= 15 is 0 Å². The molecule has 0 bridgehead atoms. The molecule has 0 saturated carbocycles. The first-order chi connectivity index (χ1) is 14.1. The number of hydrogen-bond donors (Lipinski definition) is 1. The van der Waals surface area contributed by atoms with E-state index in [1.165, 1.54) is 6.21 Å². The normalized spacial score (nSPS) is 11.1. The molecule has 0 aliphatic heterocycles. The van der Waals surface area contributed by atoms with Crippen LogP contribution in [-0.2, 0) is 0 Å². The maximum atomic E-state index is 12.8. The van der Waals surface area contributed by atoms with Crippen LogP contribution in [0.15, 0.2) is 76.5 Å². The van der Waals surface area contributed by atoms with Gasteiger partial charge in [0, 0.05) is 43.5 Å². The number of amides is 1. The van der Waals surface area contributed by atoms with Crippen molar-refractivity contribution in [3.63, 3.8) is 0 Å². The predicted octanol–water partition coefficient (Wildman–Crippen LogP) is 3.72. The standard InChI is InChI=1S/C22H19N5O2/c1-27(2)21-8-7-16(29-21)14-24-26-22(28)18-13-20(15-9-11-23-12-10-15)25-19-6-4-3-5-17(18)19/h3-14H,1-2H3,(H,26,28)/b24-14+. The molecule has 144 valence electrons. The first kappa shape index (κ1) is 18.4. The summed E-state index contributed by atoms with van der Waals surface area (Å²) in [5.74, 6) is 0.931. The van der Waals surface area contributed by atoms with E-state index in [1.807, 2.05) is 61.5 Å². The van der Waals surface area contributed by atoms with Gasteiger partial charge in [0.15, 0.2) is 5.88 Å². The summed E-state index contributed by atoms with van der Waals surface area (Å²) in [4.78, 5) is 23.4. The number of anilines is 1. The first-order valence-corrected chi connectivity index (χ1v) is 9.02. The van der Waals surface area contributed by atoms with Crippen LogP contribution in [0.5, 0.6) is 0 Å². The van der Waals surface area contributed by atoms with Crippen LogP contribution < -0.4 is 10.3 Å². The number of para-hydroxylation sites is 1. The highest BCUT2D eigenvalue weighted by Gasteiger charge is 2.13. The third kappa shape index (κ3) is 3.98. The molecule has 0 saturated heterocycles. The summed E-state index contributed by atoms with van der Waals surface area (Å²) in [6.07, 6.45) is 4.86. The van der Waals surface area contributed by atoms with Gasteiger partial charge in [-0.15, -0.1) is 0 Å². The van der Waals surface area contributed by atoms with Crippen molar-refractivity contribution in [1.29, 1.82) is 0 Å².